The van der Waals surface area contributed by atoms with Gasteiger partial charge in [0.2, 0.25) is 0 Å². The number of ether oxygens (including phenoxy) is 2. The zero-order valence-corrected chi connectivity index (χ0v) is 10.5. The van der Waals surface area contributed by atoms with Crippen LogP contribution in [0.4, 0.5) is 0 Å². The fourth-order valence-corrected chi connectivity index (χ4v) is 2.10. The van der Waals surface area contributed by atoms with Gasteiger partial charge in [-0.3, -0.25) is 0 Å². The minimum Gasteiger partial charge on any atom is -0.378 e. The molecular weight excluding hydrogens is 220 g/mol. The number of rotatable bonds is 6. The summed E-state index contributed by atoms with van der Waals surface area (Å²) >= 11 is 0. The Bertz CT molecular complexity index is 347. The monoisotopic (exact) mass is 240 g/mol. The molecule has 1 aromatic heterocycles. The Kier molecular flexibility index (Phi) is 4.47. The van der Waals surface area contributed by atoms with Crippen LogP contribution >= 0.6 is 0 Å². The van der Waals surface area contributed by atoms with Crippen molar-refractivity contribution >= 4 is 0 Å². The zero-order valence-electron chi connectivity index (χ0n) is 10.5. The molecule has 2 heterocycles. The lowest BCUT2D eigenvalue weighted by molar-refractivity contribution is 0.0899. The van der Waals surface area contributed by atoms with Gasteiger partial charge >= 0.3 is 0 Å². The molecule has 0 aromatic carbocycles. The van der Waals surface area contributed by atoms with Crippen molar-refractivity contribution in [3.8, 4) is 0 Å². The Labute approximate surface area is 101 Å². The van der Waals surface area contributed by atoms with Crippen LogP contribution in [0.5, 0.6) is 0 Å². The molecule has 6 heteroatoms. The summed E-state index contributed by atoms with van der Waals surface area (Å²) in [6.07, 6.45) is 2.52. The van der Waals surface area contributed by atoms with Crippen LogP contribution in [-0.2, 0) is 29.2 Å². The average molecular weight is 240 g/mol. The fourth-order valence-electron chi connectivity index (χ4n) is 2.10. The molecule has 1 aromatic rings. The highest BCUT2D eigenvalue weighted by atomic mass is 16.5. The molecule has 1 atom stereocenters. The number of hydrogen-bond donors (Lipinski definition) is 1. The standard InChI is InChI=1S/C11H20N4O2/c1-12-6-10-11(8-16-2)15(14-13-10)7-9-4-3-5-17-9/h9,12H,3-8H2,1-2H3. The van der Waals surface area contributed by atoms with E-state index >= 15 is 0 Å². The molecule has 1 fully saturated rings. The molecule has 0 spiro atoms. The smallest absolute Gasteiger partial charge is 0.102 e. The quantitative estimate of drug-likeness (QED) is 0.776. The van der Waals surface area contributed by atoms with Crippen LogP contribution in [0.3, 0.4) is 0 Å². The molecule has 6 nitrogen and oxygen atoms in total. The molecule has 0 saturated carbocycles. The summed E-state index contributed by atoms with van der Waals surface area (Å²) in [6, 6.07) is 0. The maximum absolute atomic E-state index is 5.61. The second-order valence-electron chi connectivity index (χ2n) is 4.26. The Morgan fingerprint density at radius 3 is 3.12 bits per heavy atom. The van der Waals surface area contributed by atoms with E-state index in [1.165, 1.54) is 0 Å². The summed E-state index contributed by atoms with van der Waals surface area (Å²) in [7, 11) is 3.59. The van der Waals surface area contributed by atoms with E-state index in [4.69, 9.17) is 9.47 Å². The molecule has 1 aliphatic rings. The molecule has 1 unspecified atom stereocenters. The van der Waals surface area contributed by atoms with Crippen molar-refractivity contribution in [2.24, 2.45) is 0 Å². The molecule has 1 N–H and O–H groups in total. The van der Waals surface area contributed by atoms with Crippen LogP contribution < -0.4 is 5.32 Å². The summed E-state index contributed by atoms with van der Waals surface area (Å²) in [5.41, 5.74) is 1.99. The van der Waals surface area contributed by atoms with Crippen LogP contribution in [-0.4, -0.2) is 41.9 Å². The molecular formula is C11H20N4O2. The Morgan fingerprint density at radius 1 is 1.59 bits per heavy atom. The zero-order chi connectivity index (χ0) is 12.1. The van der Waals surface area contributed by atoms with E-state index in [1.807, 2.05) is 11.7 Å². The van der Waals surface area contributed by atoms with Gasteiger partial charge in [-0.05, 0) is 19.9 Å². The third-order valence-corrected chi connectivity index (χ3v) is 2.94. The van der Waals surface area contributed by atoms with E-state index in [9.17, 15) is 0 Å². The molecule has 0 amide bonds. The van der Waals surface area contributed by atoms with Crippen molar-refractivity contribution < 1.29 is 9.47 Å². The second kappa shape index (κ2) is 6.09. The third-order valence-electron chi connectivity index (χ3n) is 2.94. The lowest BCUT2D eigenvalue weighted by Gasteiger charge is -2.11. The van der Waals surface area contributed by atoms with Crippen molar-refractivity contribution in [3.63, 3.8) is 0 Å². The van der Waals surface area contributed by atoms with Crippen LogP contribution in [0, 0.1) is 0 Å². The van der Waals surface area contributed by atoms with Crippen LogP contribution in [0.25, 0.3) is 0 Å². The van der Waals surface area contributed by atoms with Gasteiger partial charge in [-0.15, -0.1) is 5.10 Å². The first kappa shape index (κ1) is 12.5. The maximum atomic E-state index is 5.61. The lowest BCUT2D eigenvalue weighted by atomic mass is 10.2. The van der Waals surface area contributed by atoms with Gasteiger partial charge in [0.05, 0.1) is 24.9 Å². The minimum absolute atomic E-state index is 0.273. The molecule has 2 rings (SSSR count). The lowest BCUT2D eigenvalue weighted by Crippen LogP contribution is -2.19. The minimum atomic E-state index is 0.273. The van der Waals surface area contributed by atoms with Gasteiger partial charge in [0.25, 0.3) is 0 Å². The summed E-state index contributed by atoms with van der Waals surface area (Å²) < 4.78 is 12.7. The predicted molar refractivity (Wildman–Crippen MR) is 62.5 cm³/mol. The first-order valence-electron chi connectivity index (χ1n) is 6.01. The van der Waals surface area contributed by atoms with E-state index in [1.54, 1.807) is 7.11 Å². The summed E-state index contributed by atoms with van der Waals surface area (Å²) in [4.78, 5) is 0. The van der Waals surface area contributed by atoms with Gasteiger partial charge in [0, 0.05) is 20.3 Å². The van der Waals surface area contributed by atoms with Crippen LogP contribution in [0.15, 0.2) is 0 Å². The van der Waals surface area contributed by atoms with Crippen LogP contribution in [0.2, 0.25) is 0 Å². The molecule has 0 aliphatic carbocycles. The third kappa shape index (κ3) is 3.02. The largest absolute Gasteiger partial charge is 0.378 e. The number of nitrogens with zero attached hydrogens (tertiary/aromatic N) is 3. The van der Waals surface area contributed by atoms with Crippen molar-refractivity contribution in [3.05, 3.63) is 11.4 Å². The van der Waals surface area contributed by atoms with Gasteiger partial charge in [-0.1, -0.05) is 5.21 Å². The highest BCUT2D eigenvalue weighted by Gasteiger charge is 2.20. The summed E-state index contributed by atoms with van der Waals surface area (Å²) in [5.74, 6) is 0. The normalized spacial score (nSPS) is 20.0. The average Bonchev–Trinajstić information content (AvgIpc) is 2.94. The highest BCUT2D eigenvalue weighted by Crippen LogP contribution is 2.16. The molecule has 1 saturated heterocycles. The molecule has 0 bridgehead atoms. The first-order chi connectivity index (χ1) is 8.35. The summed E-state index contributed by atoms with van der Waals surface area (Å²) in [6.45, 7) is 2.89. The Hall–Kier alpha value is -0.980. The molecule has 17 heavy (non-hydrogen) atoms. The van der Waals surface area contributed by atoms with Crippen molar-refractivity contribution in [2.75, 3.05) is 20.8 Å². The van der Waals surface area contributed by atoms with E-state index in [0.717, 1.165) is 37.4 Å². The molecule has 1 aliphatic heterocycles. The molecule has 96 valence electrons. The van der Waals surface area contributed by atoms with Crippen LogP contribution in [0.1, 0.15) is 24.2 Å². The number of nitrogens with one attached hydrogen (secondary N) is 1. The second-order valence-corrected chi connectivity index (χ2v) is 4.26. The number of methoxy groups -OCH3 is 1. The Morgan fingerprint density at radius 2 is 2.47 bits per heavy atom. The van der Waals surface area contributed by atoms with Gasteiger partial charge < -0.3 is 14.8 Å². The number of aromatic nitrogens is 3. The maximum Gasteiger partial charge on any atom is 0.102 e. The van der Waals surface area contributed by atoms with E-state index < -0.39 is 0 Å². The van der Waals surface area contributed by atoms with Gasteiger partial charge in [0.15, 0.2) is 0 Å². The molecule has 0 radical (unpaired) electrons. The first-order valence-corrected chi connectivity index (χ1v) is 6.01. The van der Waals surface area contributed by atoms with Crippen molar-refractivity contribution in [2.45, 2.75) is 38.6 Å². The van der Waals surface area contributed by atoms with Crippen molar-refractivity contribution in [1.82, 2.24) is 20.3 Å². The Balaban J connectivity index is 2.08. The van der Waals surface area contributed by atoms with Gasteiger partial charge in [0.1, 0.15) is 5.69 Å². The summed E-state index contributed by atoms with van der Waals surface area (Å²) in [5, 5.41) is 11.5. The topological polar surface area (TPSA) is 61.2 Å². The van der Waals surface area contributed by atoms with Crippen molar-refractivity contribution in [1.29, 1.82) is 0 Å². The van der Waals surface area contributed by atoms with E-state index in [-0.39, 0.29) is 6.10 Å². The van der Waals surface area contributed by atoms with Gasteiger partial charge in [-0.25, -0.2) is 4.68 Å². The predicted octanol–water partition coefficient (Wildman–Crippen LogP) is 0.323. The van der Waals surface area contributed by atoms with E-state index in [2.05, 4.69) is 15.6 Å². The SMILES string of the molecule is CNCc1nnn(CC2CCCO2)c1COC. The van der Waals surface area contributed by atoms with E-state index in [0.29, 0.717) is 13.2 Å². The fraction of sp³-hybridized carbons (Fsp3) is 0.818. The highest BCUT2D eigenvalue weighted by molar-refractivity contribution is 5.09. The van der Waals surface area contributed by atoms with Gasteiger partial charge in [-0.2, -0.15) is 0 Å². The number of hydrogen-bond acceptors (Lipinski definition) is 5.